The van der Waals surface area contributed by atoms with E-state index in [9.17, 15) is 0 Å². The van der Waals surface area contributed by atoms with Crippen LogP contribution in [-0.2, 0) is 0 Å². The molecular weight excluding hydrogens is 345 g/mol. The summed E-state index contributed by atoms with van der Waals surface area (Å²) >= 11 is 0. The lowest BCUT2D eigenvalue weighted by molar-refractivity contribution is 0.311. The van der Waals surface area contributed by atoms with E-state index in [1.54, 1.807) is 7.11 Å². The first-order valence-electron chi connectivity index (χ1n) is 5.59. The van der Waals surface area contributed by atoms with E-state index in [1.807, 2.05) is 32.0 Å². The van der Waals surface area contributed by atoms with Crippen LogP contribution in [0.5, 0.6) is 11.5 Å². The fraction of sp³-hybridized carbons (Fsp3) is 0.417. The van der Waals surface area contributed by atoms with Gasteiger partial charge < -0.3 is 20.5 Å². The van der Waals surface area contributed by atoms with Crippen LogP contribution < -0.4 is 20.5 Å². The third kappa shape index (κ3) is 4.99. The van der Waals surface area contributed by atoms with Gasteiger partial charge in [0.2, 0.25) is 0 Å². The maximum atomic E-state index is 5.67. The second-order valence-electron chi connectivity index (χ2n) is 3.28. The second kappa shape index (κ2) is 8.84. The van der Waals surface area contributed by atoms with Crippen molar-refractivity contribution < 1.29 is 9.47 Å². The van der Waals surface area contributed by atoms with Crippen molar-refractivity contribution in [1.29, 1.82) is 0 Å². The van der Waals surface area contributed by atoms with Gasteiger partial charge in [0.25, 0.3) is 0 Å². The highest BCUT2D eigenvalue weighted by molar-refractivity contribution is 14.0. The Kier molecular flexibility index (Phi) is 8.27. The van der Waals surface area contributed by atoms with Crippen LogP contribution in [-0.4, -0.2) is 26.2 Å². The van der Waals surface area contributed by atoms with Crippen LogP contribution in [0.1, 0.15) is 13.8 Å². The Bertz CT molecular complexity index is 397. The van der Waals surface area contributed by atoms with E-state index in [0.29, 0.717) is 30.6 Å². The predicted octanol–water partition coefficient (Wildman–Crippen LogP) is 2.46. The number of guanidine groups is 1. The Morgan fingerprint density at radius 3 is 2.61 bits per heavy atom. The van der Waals surface area contributed by atoms with Crippen LogP contribution in [0.25, 0.3) is 0 Å². The molecule has 0 aliphatic rings. The third-order valence-corrected chi connectivity index (χ3v) is 2.06. The largest absolute Gasteiger partial charge is 0.493 e. The highest BCUT2D eigenvalue weighted by Gasteiger charge is 2.05. The molecule has 1 rings (SSSR count). The van der Waals surface area contributed by atoms with Gasteiger partial charge in [-0.25, -0.2) is 0 Å². The fourth-order valence-electron chi connectivity index (χ4n) is 1.38. The molecule has 1 aromatic carbocycles. The first-order chi connectivity index (χ1) is 8.21. The average Bonchev–Trinajstić information content (AvgIpc) is 2.31. The van der Waals surface area contributed by atoms with Crippen molar-refractivity contribution in [2.45, 2.75) is 13.8 Å². The number of hydrogen-bond donors (Lipinski definition) is 2. The maximum Gasteiger partial charge on any atom is 0.193 e. The normalized spacial score (nSPS) is 10.5. The third-order valence-electron chi connectivity index (χ3n) is 2.06. The number of benzene rings is 1. The van der Waals surface area contributed by atoms with E-state index < -0.39 is 0 Å². The van der Waals surface area contributed by atoms with Crippen molar-refractivity contribution in [2.75, 3.05) is 25.6 Å². The molecule has 0 amide bonds. The van der Waals surface area contributed by atoms with Crippen molar-refractivity contribution in [2.24, 2.45) is 10.7 Å². The van der Waals surface area contributed by atoms with Crippen LogP contribution in [0, 0.1) is 0 Å². The Balaban J connectivity index is 0.00000289. The number of nitrogens with one attached hydrogen (secondary N) is 1. The number of nitrogens with zero attached hydrogens (tertiary/aromatic N) is 1. The number of hydrogen-bond acceptors (Lipinski definition) is 3. The van der Waals surface area contributed by atoms with Crippen molar-refractivity contribution >= 4 is 35.6 Å². The van der Waals surface area contributed by atoms with Crippen molar-refractivity contribution in [3.63, 3.8) is 0 Å². The highest BCUT2D eigenvalue weighted by atomic mass is 127. The summed E-state index contributed by atoms with van der Waals surface area (Å²) in [6.07, 6.45) is 0. The minimum absolute atomic E-state index is 0. The zero-order valence-electron chi connectivity index (χ0n) is 10.9. The molecule has 0 aliphatic heterocycles. The Morgan fingerprint density at radius 2 is 2.06 bits per heavy atom. The lowest BCUT2D eigenvalue weighted by Crippen LogP contribution is -2.22. The first kappa shape index (κ1) is 16.8. The number of halogens is 1. The molecule has 102 valence electrons. The van der Waals surface area contributed by atoms with Gasteiger partial charge in [0.1, 0.15) is 0 Å². The molecule has 18 heavy (non-hydrogen) atoms. The number of nitrogens with two attached hydrogens (primary N) is 1. The van der Waals surface area contributed by atoms with E-state index in [2.05, 4.69) is 10.3 Å². The van der Waals surface area contributed by atoms with Gasteiger partial charge in [0.15, 0.2) is 17.5 Å². The van der Waals surface area contributed by atoms with Gasteiger partial charge in [-0.1, -0.05) is 0 Å². The molecule has 0 aromatic heterocycles. The van der Waals surface area contributed by atoms with Gasteiger partial charge in [0.05, 0.1) is 13.7 Å². The summed E-state index contributed by atoms with van der Waals surface area (Å²) in [6, 6.07) is 5.53. The molecule has 0 unspecified atom stereocenters. The van der Waals surface area contributed by atoms with Gasteiger partial charge in [0, 0.05) is 18.3 Å². The molecule has 5 nitrogen and oxygen atoms in total. The minimum Gasteiger partial charge on any atom is -0.493 e. The number of ether oxygens (including phenoxy) is 2. The van der Waals surface area contributed by atoms with E-state index >= 15 is 0 Å². The van der Waals surface area contributed by atoms with Crippen molar-refractivity contribution in [3.8, 4) is 11.5 Å². The lowest BCUT2D eigenvalue weighted by Gasteiger charge is -2.11. The van der Waals surface area contributed by atoms with Crippen LogP contribution >= 0.6 is 24.0 Å². The lowest BCUT2D eigenvalue weighted by atomic mass is 10.2. The summed E-state index contributed by atoms with van der Waals surface area (Å²) in [4.78, 5) is 4.05. The van der Waals surface area contributed by atoms with E-state index in [0.717, 1.165) is 5.69 Å². The molecule has 3 N–H and O–H groups in total. The topological polar surface area (TPSA) is 68.9 Å². The zero-order valence-corrected chi connectivity index (χ0v) is 13.2. The molecular formula is C12H20IN3O2. The molecule has 0 aliphatic carbocycles. The molecule has 0 heterocycles. The summed E-state index contributed by atoms with van der Waals surface area (Å²) < 4.78 is 10.7. The Hall–Kier alpha value is -1.18. The zero-order chi connectivity index (χ0) is 12.7. The Morgan fingerprint density at radius 1 is 1.33 bits per heavy atom. The molecule has 0 atom stereocenters. The molecule has 0 spiro atoms. The van der Waals surface area contributed by atoms with Crippen LogP contribution in [0.15, 0.2) is 23.2 Å². The number of anilines is 1. The molecule has 0 radical (unpaired) electrons. The fourth-order valence-corrected chi connectivity index (χ4v) is 1.38. The summed E-state index contributed by atoms with van der Waals surface area (Å²) in [5, 5.41) is 2.98. The van der Waals surface area contributed by atoms with Crippen molar-refractivity contribution in [3.05, 3.63) is 18.2 Å². The number of methoxy groups -OCH3 is 1. The molecule has 0 saturated carbocycles. The smallest absolute Gasteiger partial charge is 0.193 e. The first-order valence-corrected chi connectivity index (χ1v) is 5.59. The summed E-state index contributed by atoms with van der Waals surface area (Å²) in [7, 11) is 1.60. The van der Waals surface area contributed by atoms with Gasteiger partial charge in [-0.2, -0.15) is 0 Å². The van der Waals surface area contributed by atoms with Gasteiger partial charge in [-0.3, -0.25) is 4.99 Å². The quantitative estimate of drug-likeness (QED) is 0.478. The van der Waals surface area contributed by atoms with Gasteiger partial charge >= 0.3 is 0 Å². The van der Waals surface area contributed by atoms with E-state index in [4.69, 9.17) is 15.2 Å². The van der Waals surface area contributed by atoms with Crippen LogP contribution in [0.4, 0.5) is 5.69 Å². The molecule has 0 saturated heterocycles. The summed E-state index contributed by atoms with van der Waals surface area (Å²) in [5.74, 6) is 1.77. The Labute approximate surface area is 125 Å². The summed E-state index contributed by atoms with van der Waals surface area (Å²) in [6.45, 7) is 5.10. The number of rotatable bonds is 5. The minimum atomic E-state index is 0. The average molecular weight is 365 g/mol. The molecule has 1 aromatic rings. The molecule has 0 bridgehead atoms. The predicted molar refractivity (Wildman–Crippen MR) is 85.4 cm³/mol. The van der Waals surface area contributed by atoms with E-state index in [-0.39, 0.29) is 24.0 Å². The summed E-state index contributed by atoms with van der Waals surface area (Å²) in [5.41, 5.74) is 6.49. The molecule has 6 heteroatoms. The van der Waals surface area contributed by atoms with Gasteiger partial charge in [-0.15, -0.1) is 24.0 Å². The highest BCUT2D eigenvalue weighted by Crippen LogP contribution is 2.29. The standard InChI is InChI=1S/C12H19N3O2.HI/c1-4-14-12(13)15-9-6-7-10(17-5-2)11(8-9)16-3;/h6-8H,4-5H2,1-3H3,(H3,13,14,15);1H. The van der Waals surface area contributed by atoms with Crippen LogP contribution in [0.3, 0.4) is 0 Å². The number of aliphatic imine (C=N–C) groups is 1. The van der Waals surface area contributed by atoms with Crippen LogP contribution in [0.2, 0.25) is 0 Å². The van der Waals surface area contributed by atoms with Crippen molar-refractivity contribution in [1.82, 2.24) is 0 Å². The van der Waals surface area contributed by atoms with E-state index in [1.165, 1.54) is 0 Å². The molecule has 0 fully saturated rings. The monoisotopic (exact) mass is 365 g/mol. The second-order valence-corrected chi connectivity index (χ2v) is 3.28. The SMILES string of the molecule is CCN=C(N)Nc1ccc(OCC)c(OC)c1.I. The van der Waals surface area contributed by atoms with Gasteiger partial charge in [-0.05, 0) is 26.0 Å². The maximum absolute atomic E-state index is 5.67.